The zero-order valence-corrected chi connectivity index (χ0v) is 23.1. The van der Waals surface area contributed by atoms with E-state index < -0.39 is 0 Å². The van der Waals surface area contributed by atoms with Crippen LogP contribution in [0.4, 0.5) is 0 Å². The van der Waals surface area contributed by atoms with E-state index in [1.165, 1.54) is 5.56 Å². The van der Waals surface area contributed by atoms with Gasteiger partial charge in [-0.25, -0.2) is 0 Å². The average molecular weight is 545 g/mol. The molecule has 10 nitrogen and oxygen atoms in total. The molecule has 2 heterocycles. The number of carbonyl (C=O) groups excluding carboxylic acids is 2. The molecule has 0 saturated carbocycles. The zero-order valence-electron chi connectivity index (χ0n) is 23.1. The first-order valence-electron chi connectivity index (χ1n) is 13.8. The number of benzene rings is 2. The minimum Gasteiger partial charge on any atom is -0.397 e. The highest BCUT2D eigenvalue weighted by atomic mass is 16.2. The second-order valence-corrected chi connectivity index (χ2v) is 10.2. The maximum absolute atomic E-state index is 11.9. The van der Waals surface area contributed by atoms with Crippen LogP contribution in [0.15, 0.2) is 64.7 Å². The van der Waals surface area contributed by atoms with Crippen molar-refractivity contribution in [2.75, 3.05) is 39.8 Å². The van der Waals surface area contributed by atoms with Gasteiger partial charge in [0.1, 0.15) is 0 Å². The van der Waals surface area contributed by atoms with Gasteiger partial charge in [-0.3, -0.25) is 19.6 Å². The Balaban J connectivity index is 1.28. The van der Waals surface area contributed by atoms with E-state index >= 15 is 0 Å². The minimum atomic E-state index is -0.0512. The van der Waals surface area contributed by atoms with Gasteiger partial charge >= 0.3 is 0 Å². The van der Waals surface area contributed by atoms with Gasteiger partial charge in [0.25, 0.3) is 0 Å². The predicted octanol–water partition coefficient (Wildman–Crippen LogP) is 1.87. The molecule has 2 atom stereocenters. The Morgan fingerprint density at radius 1 is 1.10 bits per heavy atom. The Labute approximate surface area is 236 Å². The summed E-state index contributed by atoms with van der Waals surface area (Å²) in [6, 6.07) is 16.7. The first-order chi connectivity index (χ1) is 19.4. The predicted molar refractivity (Wildman–Crippen MR) is 160 cm³/mol. The third-order valence-electron chi connectivity index (χ3n) is 7.44. The maximum Gasteiger partial charge on any atom is 0.236 e. The van der Waals surface area contributed by atoms with Crippen molar-refractivity contribution in [3.63, 3.8) is 0 Å². The van der Waals surface area contributed by atoms with Gasteiger partial charge in [0.15, 0.2) is 0 Å². The molecule has 0 aliphatic carbocycles. The van der Waals surface area contributed by atoms with E-state index in [2.05, 4.69) is 51.7 Å². The van der Waals surface area contributed by atoms with E-state index in [9.17, 15) is 9.59 Å². The van der Waals surface area contributed by atoms with Crippen LogP contribution in [0.1, 0.15) is 42.9 Å². The number of hydrogen-bond donors (Lipinski definition) is 4. The van der Waals surface area contributed by atoms with Gasteiger partial charge < -0.3 is 32.3 Å². The molecule has 2 aromatic carbocycles. The van der Waals surface area contributed by atoms with E-state index in [0.717, 1.165) is 54.8 Å². The van der Waals surface area contributed by atoms with Crippen LogP contribution in [0.3, 0.4) is 0 Å². The van der Waals surface area contributed by atoms with Crippen LogP contribution < -0.4 is 22.5 Å². The van der Waals surface area contributed by atoms with Gasteiger partial charge in [-0.2, -0.15) is 0 Å². The molecule has 1 fully saturated rings. The maximum atomic E-state index is 11.9. The number of nitrogens with one attached hydrogen (secondary N) is 1. The molecule has 4 rings (SSSR count). The van der Waals surface area contributed by atoms with E-state index in [4.69, 9.17) is 17.2 Å². The van der Waals surface area contributed by atoms with E-state index in [1.807, 2.05) is 12.1 Å². The van der Waals surface area contributed by atoms with Gasteiger partial charge in [-0.15, -0.1) is 0 Å². The highest BCUT2D eigenvalue weighted by molar-refractivity contribution is 5.85. The molecule has 1 saturated heterocycles. The Bertz CT molecular complexity index is 1250. The number of nitrogens with zero attached hydrogens (tertiary/aromatic N) is 4. The third-order valence-corrected chi connectivity index (χ3v) is 7.44. The highest BCUT2D eigenvalue weighted by Gasteiger charge is 2.26. The van der Waals surface area contributed by atoms with Gasteiger partial charge in [-0.05, 0) is 41.5 Å². The lowest BCUT2D eigenvalue weighted by molar-refractivity contribution is -0.129. The molecule has 7 N–H and O–H groups in total. The van der Waals surface area contributed by atoms with E-state index in [0.29, 0.717) is 18.8 Å². The summed E-state index contributed by atoms with van der Waals surface area (Å²) in [4.78, 5) is 36.0. The van der Waals surface area contributed by atoms with Crippen LogP contribution in [0.25, 0.3) is 16.8 Å². The van der Waals surface area contributed by atoms with Gasteiger partial charge in [0, 0.05) is 32.8 Å². The summed E-state index contributed by atoms with van der Waals surface area (Å²) in [5.74, 6) is 0.885. The number of likely N-dealkylation sites (tertiary alicyclic amines) is 1. The Morgan fingerprint density at radius 2 is 1.80 bits per heavy atom. The smallest absolute Gasteiger partial charge is 0.236 e. The molecule has 2 unspecified atom stereocenters. The number of amides is 2. The number of rotatable bonds is 11. The van der Waals surface area contributed by atoms with Crippen LogP contribution in [-0.2, 0) is 9.59 Å². The number of nitrogens with two attached hydrogens (primary N) is 3. The Kier molecular flexibility index (Phi) is 10.0. The van der Waals surface area contributed by atoms with Crippen LogP contribution >= 0.6 is 0 Å². The molecule has 2 aromatic rings. The van der Waals surface area contributed by atoms with Crippen molar-refractivity contribution in [1.82, 2.24) is 15.1 Å². The lowest BCUT2D eigenvalue weighted by Gasteiger charge is -2.20. The normalized spacial score (nSPS) is 19.1. The third kappa shape index (κ3) is 7.34. The first kappa shape index (κ1) is 29.0. The molecule has 2 amide bonds. The minimum absolute atomic E-state index is 0.0174. The molecule has 0 spiro atoms. The number of carbonyl (C=O) groups is 2. The fourth-order valence-electron chi connectivity index (χ4n) is 5.03. The summed E-state index contributed by atoms with van der Waals surface area (Å²) >= 11 is 0. The lowest BCUT2D eigenvalue weighted by atomic mass is 9.99. The summed E-state index contributed by atoms with van der Waals surface area (Å²) in [7, 11) is 1.78. The summed E-state index contributed by atoms with van der Waals surface area (Å²) in [5, 5.41) is 3.51. The second kappa shape index (κ2) is 13.9. The van der Waals surface area contributed by atoms with Crippen molar-refractivity contribution in [3.05, 3.63) is 65.9 Å². The van der Waals surface area contributed by atoms with Crippen LogP contribution in [-0.4, -0.2) is 79.5 Å². The Morgan fingerprint density at radius 3 is 2.48 bits per heavy atom. The highest BCUT2D eigenvalue weighted by Crippen LogP contribution is 2.25. The van der Waals surface area contributed by atoms with Crippen molar-refractivity contribution in [2.24, 2.45) is 27.2 Å². The second-order valence-electron chi connectivity index (χ2n) is 10.2. The number of amidine groups is 1. The van der Waals surface area contributed by atoms with E-state index in [-0.39, 0.29) is 37.0 Å². The van der Waals surface area contributed by atoms with Crippen molar-refractivity contribution >= 4 is 29.6 Å². The van der Waals surface area contributed by atoms with Gasteiger partial charge in [0.2, 0.25) is 11.8 Å². The number of aliphatic imine (C=N–C) groups is 2. The molecular formula is C30H40N8O2. The van der Waals surface area contributed by atoms with E-state index in [1.54, 1.807) is 29.3 Å². The Hall–Kier alpha value is -4.02. The van der Waals surface area contributed by atoms with Crippen LogP contribution in [0, 0.1) is 0 Å². The molecule has 0 bridgehead atoms. The number of likely N-dealkylation sites (N-methyl/N-ethyl adjacent to an activating group) is 1. The van der Waals surface area contributed by atoms with Crippen molar-refractivity contribution in [1.29, 1.82) is 0 Å². The first-order valence-corrected chi connectivity index (χ1v) is 13.8. The molecule has 10 heteroatoms. The molecule has 212 valence electrons. The van der Waals surface area contributed by atoms with Crippen molar-refractivity contribution < 1.29 is 9.59 Å². The summed E-state index contributed by atoms with van der Waals surface area (Å²) < 4.78 is 0. The van der Waals surface area contributed by atoms with Crippen LogP contribution in [0.2, 0.25) is 0 Å². The molecular weight excluding hydrogens is 504 g/mol. The molecule has 2 aliphatic heterocycles. The quantitative estimate of drug-likeness (QED) is 0.317. The van der Waals surface area contributed by atoms with Gasteiger partial charge in [0.05, 0.1) is 49.5 Å². The fraction of sp³-hybridized carbons (Fsp3) is 0.400. The molecule has 2 aliphatic rings. The summed E-state index contributed by atoms with van der Waals surface area (Å²) in [6.07, 6.45) is 6.90. The largest absolute Gasteiger partial charge is 0.397 e. The topological polar surface area (TPSA) is 155 Å². The summed E-state index contributed by atoms with van der Waals surface area (Å²) in [6.45, 7) is 2.15. The fourth-order valence-corrected chi connectivity index (χ4v) is 5.03. The molecule has 0 aromatic heterocycles. The average Bonchev–Trinajstić information content (AvgIpc) is 3.66. The SMILES string of the molecule is CN(CCCC1=NCC(c2ccc(-c3ccc(/C(N)=C/N=CC4CCCN4C(=O)CN)cc3)cc2)N1)C(=O)CN. The lowest BCUT2D eigenvalue weighted by Crippen LogP contribution is -2.40. The molecule has 0 radical (unpaired) electrons. The number of hydrogen-bond acceptors (Lipinski definition) is 8. The molecule has 40 heavy (non-hydrogen) atoms. The van der Waals surface area contributed by atoms with Crippen molar-refractivity contribution in [3.8, 4) is 11.1 Å². The standard InChI is InChI=1S/C30H40N8O2/c1-37(29(39)16-31)14-3-5-28-35-20-27(36-28)24-12-8-22(9-13-24)21-6-10-23(11-7-21)26(33)19-34-18-25-4-2-15-38(25)30(40)17-32/h6-13,18-19,25,27H,2-5,14-17,20,31-33H2,1H3,(H,35,36)/b26-19-,34-18?. The summed E-state index contributed by atoms with van der Waals surface area (Å²) in [5.41, 5.74) is 22.0. The zero-order chi connectivity index (χ0) is 28.5. The monoisotopic (exact) mass is 544 g/mol. The van der Waals surface area contributed by atoms with Crippen molar-refractivity contribution in [2.45, 2.75) is 37.8 Å². The van der Waals surface area contributed by atoms with Crippen LogP contribution in [0.5, 0.6) is 0 Å². The van der Waals surface area contributed by atoms with Gasteiger partial charge in [-0.1, -0.05) is 48.5 Å².